The van der Waals surface area contributed by atoms with Gasteiger partial charge in [0.05, 0.1) is 16.8 Å². The molecule has 1 aliphatic rings. The first-order chi connectivity index (χ1) is 17.7. The highest BCUT2D eigenvalue weighted by Gasteiger charge is 2.25. The topological polar surface area (TPSA) is 45.5 Å². The summed E-state index contributed by atoms with van der Waals surface area (Å²) in [4.78, 5) is 2.34. The number of anilines is 1. The van der Waals surface area contributed by atoms with E-state index in [1.807, 2.05) is 72.8 Å². The Morgan fingerprint density at radius 2 is 1.44 bits per heavy atom. The average Bonchev–Trinajstić information content (AvgIpc) is 2.94. The first-order valence-electron chi connectivity index (χ1n) is 12.2. The lowest BCUT2D eigenvalue weighted by Gasteiger charge is -2.31. The molecule has 1 heterocycles. The van der Waals surface area contributed by atoms with Crippen LogP contribution in [0.25, 0.3) is 11.1 Å². The molecule has 0 aliphatic carbocycles. The van der Waals surface area contributed by atoms with Crippen LogP contribution in [0.15, 0.2) is 95.5 Å². The SMILES string of the molecule is N#Cc1c(N2CCCCC2)cc(-c2ccc(Br)cc2)c(Oc2ccccc2)c1COc1ccccc1. The predicted molar refractivity (Wildman–Crippen MR) is 148 cm³/mol. The highest BCUT2D eigenvalue weighted by molar-refractivity contribution is 9.10. The van der Waals surface area contributed by atoms with Gasteiger partial charge in [-0.25, -0.2) is 0 Å². The molecule has 0 saturated carbocycles. The second kappa shape index (κ2) is 11.3. The van der Waals surface area contributed by atoms with E-state index in [1.165, 1.54) is 6.42 Å². The van der Waals surface area contributed by atoms with Crippen LogP contribution in [0.4, 0.5) is 5.69 Å². The Morgan fingerprint density at radius 1 is 0.806 bits per heavy atom. The largest absolute Gasteiger partial charge is 0.489 e. The molecule has 0 bridgehead atoms. The Hall–Kier alpha value is -3.75. The maximum Gasteiger partial charge on any atom is 0.143 e. The lowest BCUT2D eigenvalue weighted by atomic mass is 9.94. The standard InChI is InChI=1S/C31H27BrN2O2/c32-24-16-14-23(15-17-24)27-20-30(34-18-8-3-9-19-34)28(21-33)29(22-35-25-10-4-1-5-11-25)31(27)36-26-12-6-2-7-13-26/h1-2,4-7,10-17,20H,3,8-9,18-19,22H2. The number of nitriles is 1. The summed E-state index contributed by atoms with van der Waals surface area (Å²) in [6, 6.07) is 32.2. The van der Waals surface area contributed by atoms with Gasteiger partial charge in [-0.15, -0.1) is 0 Å². The number of benzene rings is 4. The van der Waals surface area contributed by atoms with Gasteiger partial charge in [-0.2, -0.15) is 5.26 Å². The number of ether oxygens (including phenoxy) is 2. The van der Waals surface area contributed by atoms with Crippen molar-refractivity contribution in [2.75, 3.05) is 18.0 Å². The van der Waals surface area contributed by atoms with E-state index < -0.39 is 0 Å². The number of piperidine rings is 1. The van der Waals surface area contributed by atoms with Crippen LogP contribution in [-0.2, 0) is 6.61 Å². The molecule has 0 atom stereocenters. The fourth-order valence-corrected chi connectivity index (χ4v) is 4.86. The van der Waals surface area contributed by atoms with E-state index in [9.17, 15) is 5.26 Å². The molecule has 36 heavy (non-hydrogen) atoms. The maximum absolute atomic E-state index is 10.4. The quantitative estimate of drug-likeness (QED) is 0.237. The van der Waals surface area contributed by atoms with E-state index in [0.29, 0.717) is 17.1 Å². The van der Waals surface area contributed by atoms with Gasteiger partial charge in [-0.05, 0) is 67.3 Å². The van der Waals surface area contributed by atoms with E-state index >= 15 is 0 Å². The number of rotatable bonds is 7. The molecule has 4 nitrogen and oxygen atoms in total. The number of halogens is 1. The summed E-state index contributed by atoms with van der Waals surface area (Å²) in [5, 5.41) is 10.4. The maximum atomic E-state index is 10.4. The highest BCUT2D eigenvalue weighted by Crippen LogP contribution is 2.44. The summed E-state index contributed by atoms with van der Waals surface area (Å²) in [6.45, 7) is 2.10. The Kier molecular flexibility index (Phi) is 7.54. The zero-order valence-electron chi connectivity index (χ0n) is 20.0. The number of nitrogens with zero attached hydrogens (tertiary/aromatic N) is 2. The molecular weight excluding hydrogens is 512 g/mol. The second-order valence-electron chi connectivity index (χ2n) is 8.81. The van der Waals surface area contributed by atoms with Crippen molar-refractivity contribution in [2.45, 2.75) is 25.9 Å². The second-order valence-corrected chi connectivity index (χ2v) is 9.72. The molecule has 1 saturated heterocycles. The summed E-state index contributed by atoms with van der Waals surface area (Å²) in [7, 11) is 0. The van der Waals surface area contributed by atoms with Gasteiger partial charge in [-0.3, -0.25) is 0 Å². The monoisotopic (exact) mass is 538 g/mol. The molecule has 0 unspecified atom stereocenters. The van der Waals surface area contributed by atoms with E-state index in [-0.39, 0.29) is 6.61 Å². The zero-order chi connectivity index (χ0) is 24.7. The van der Waals surface area contributed by atoms with Crippen molar-refractivity contribution < 1.29 is 9.47 Å². The predicted octanol–water partition coefficient (Wildman–Crippen LogP) is 8.35. The van der Waals surface area contributed by atoms with Crippen molar-refractivity contribution in [3.63, 3.8) is 0 Å². The smallest absolute Gasteiger partial charge is 0.143 e. The van der Waals surface area contributed by atoms with Crippen molar-refractivity contribution in [2.24, 2.45) is 0 Å². The summed E-state index contributed by atoms with van der Waals surface area (Å²) < 4.78 is 13.8. The lowest BCUT2D eigenvalue weighted by molar-refractivity contribution is 0.300. The minimum Gasteiger partial charge on any atom is -0.489 e. The van der Waals surface area contributed by atoms with E-state index in [4.69, 9.17) is 9.47 Å². The molecule has 4 aromatic carbocycles. The van der Waals surface area contributed by atoms with Gasteiger partial charge in [0.2, 0.25) is 0 Å². The summed E-state index contributed by atoms with van der Waals surface area (Å²) in [5.41, 5.74) is 4.28. The number of hydrogen-bond donors (Lipinski definition) is 0. The van der Waals surface area contributed by atoms with Crippen LogP contribution in [0.2, 0.25) is 0 Å². The van der Waals surface area contributed by atoms with Crippen molar-refractivity contribution in [3.8, 4) is 34.4 Å². The van der Waals surface area contributed by atoms with Crippen LogP contribution >= 0.6 is 15.9 Å². The minimum absolute atomic E-state index is 0.223. The normalized spacial score (nSPS) is 13.2. The van der Waals surface area contributed by atoms with Crippen LogP contribution in [0.1, 0.15) is 30.4 Å². The van der Waals surface area contributed by atoms with Crippen LogP contribution < -0.4 is 14.4 Å². The first kappa shape index (κ1) is 24.0. The molecule has 0 spiro atoms. The first-order valence-corrected chi connectivity index (χ1v) is 13.0. The van der Waals surface area contributed by atoms with E-state index in [2.05, 4.69) is 45.1 Å². The Morgan fingerprint density at radius 3 is 2.08 bits per heavy atom. The molecule has 0 aromatic heterocycles. The van der Waals surface area contributed by atoms with Crippen molar-refractivity contribution in [3.05, 3.63) is 107 Å². The van der Waals surface area contributed by atoms with Crippen molar-refractivity contribution in [1.29, 1.82) is 5.26 Å². The average molecular weight is 539 g/mol. The Bertz CT molecular complexity index is 1340. The zero-order valence-corrected chi connectivity index (χ0v) is 21.6. The molecule has 0 N–H and O–H groups in total. The van der Waals surface area contributed by atoms with Gasteiger partial charge < -0.3 is 14.4 Å². The number of para-hydroxylation sites is 2. The van der Waals surface area contributed by atoms with Gasteiger partial charge in [0.15, 0.2) is 0 Å². The van der Waals surface area contributed by atoms with Crippen LogP contribution in [-0.4, -0.2) is 13.1 Å². The van der Waals surface area contributed by atoms with Crippen LogP contribution in [0.5, 0.6) is 17.2 Å². The third kappa shape index (κ3) is 5.40. The van der Waals surface area contributed by atoms with E-state index in [1.54, 1.807) is 0 Å². The summed E-state index contributed by atoms with van der Waals surface area (Å²) in [6.07, 6.45) is 3.46. The van der Waals surface area contributed by atoms with Crippen molar-refractivity contribution in [1.82, 2.24) is 0 Å². The van der Waals surface area contributed by atoms with Gasteiger partial charge in [0.25, 0.3) is 0 Å². The molecule has 180 valence electrons. The van der Waals surface area contributed by atoms with Crippen LogP contribution in [0, 0.1) is 11.3 Å². The number of hydrogen-bond acceptors (Lipinski definition) is 4. The van der Waals surface area contributed by atoms with Gasteiger partial charge in [0, 0.05) is 23.1 Å². The third-order valence-electron chi connectivity index (χ3n) is 6.41. The molecule has 5 heteroatoms. The van der Waals surface area contributed by atoms with Gasteiger partial charge in [-0.1, -0.05) is 64.5 Å². The van der Waals surface area contributed by atoms with Gasteiger partial charge >= 0.3 is 0 Å². The fraction of sp³-hybridized carbons (Fsp3) is 0.194. The Labute approximate surface area is 220 Å². The van der Waals surface area contributed by atoms with Crippen LogP contribution in [0.3, 0.4) is 0 Å². The molecular formula is C31H27BrN2O2. The molecule has 0 radical (unpaired) electrons. The Balaban J connectivity index is 1.70. The summed E-state index contributed by atoms with van der Waals surface area (Å²) >= 11 is 3.55. The molecule has 1 fully saturated rings. The summed E-state index contributed by atoms with van der Waals surface area (Å²) in [5.74, 6) is 2.11. The van der Waals surface area contributed by atoms with Gasteiger partial charge in [0.1, 0.15) is 29.9 Å². The lowest BCUT2D eigenvalue weighted by Crippen LogP contribution is -2.30. The van der Waals surface area contributed by atoms with Crippen molar-refractivity contribution >= 4 is 21.6 Å². The fourth-order valence-electron chi connectivity index (χ4n) is 4.59. The molecule has 4 aromatic rings. The third-order valence-corrected chi connectivity index (χ3v) is 6.94. The molecule has 5 rings (SSSR count). The van der Waals surface area contributed by atoms with E-state index in [0.717, 1.165) is 58.5 Å². The minimum atomic E-state index is 0.223. The highest BCUT2D eigenvalue weighted by atomic mass is 79.9. The molecule has 0 amide bonds. The molecule has 1 aliphatic heterocycles.